The average Bonchev–Trinajstić information content (AvgIpc) is 2.40. The molecule has 104 valence electrons. The van der Waals surface area contributed by atoms with E-state index >= 15 is 0 Å². The molecule has 1 amide bonds. The van der Waals surface area contributed by atoms with Gasteiger partial charge in [-0.05, 0) is 18.2 Å². The molecule has 0 heterocycles. The minimum atomic E-state index is -0.238. The molecule has 7 heteroatoms. The van der Waals surface area contributed by atoms with Crippen LogP contribution in [0.4, 0.5) is 11.4 Å². The lowest BCUT2D eigenvalue weighted by Crippen LogP contribution is -2.28. The van der Waals surface area contributed by atoms with Gasteiger partial charge in [-0.2, -0.15) is 10.5 Å². The van der Waals surface area contributed by atoms with E-state index in [4.69, 9.17) is 27.9 Å². The summed E-state index contributed by atoms with van der Waals surface area (Å²) in [7, 11) is 0. The van der Waals surface area contributed by atoms with E-state index in [0.29, 0.717) is 22.9 Å². The molecule has 0 radical (unpaired) electrons. The molecule has 20 heavy (non-hydrogen) atoms. The molecule has 0 spiro atoms. The van der Waals surface area contributed by atoms with E-state index in [1.165, 1.54) is 0 Å². The number of hydrogen-bond donors (Lipinski definition) is 2. The molecular formula is C13H14ClN5O. The Hall–Kier alpha value is -2.28. The zero-order valence-corrected chi connectivity index (χ0v) is 11.5. The molecule has 0 saturated carbocycles. The molecule has 1 aromatic carbocycles. The minimum absolute atomic E-state index is 0.115. The van der Waals surface area contributed by atoms with Crippen molar-refractivity contribution in [2.45, 2.75) is 6.42 Å². The maximum atomic E-state index is 11.8. The Bertz CT molecular complexity index is 545. The third kappa shape index (κ3) is 5.15. The minimum Gasteiger partial charge on any atom is -0.399 e. The van der Waals surface area contributed by atoms with Crippen molar-refractivity contribution in [1.29, 1.82) is 10.5 Å². The number of carbonyl (C=O) groups is 1. The number of benzene rings is 1. The molecule has 0 aliphatic carbocycles. The van der Waals surface area contributed by atoms with Crippen LogP contribution >= 0.6 is 11.6 Å². The van der Waals surface area contributed by atoms with E-state index in [1.807, 2.05) is 12.1 Å². The number of nitriles is 2. The van der Waals surface area contributed by atoms with Crippen molar-refractivity contribution >= 4 is 28.9 Å². The van der Waals surface area contributed by atoms with Gasteiger partial charge in [-0.1, -0.05) is 11.6 Å². The van der Waals surface area contributed by atoms with Gasteiger partial charge in [-0.25, -0.2) is 0 Å². The largest absolute Gasteiger partial charge is 0.399 e. The monoisotopic (exact) mass is 291 g/mol. The fraction of sp³-hybridized carbons (Fsp3) is 0.308. The molecule has 1 aromatic rings. The molecular weight excluding hydrogens is 278 g/mol. The van der Waals surface area contributed by atoms with Gasteiger partial charge in [0.1, 0.15) is 0 Å². The van der Waals surface area contributed by atoms with E-state index in [9.17, 15) is 4.79 Å². The predicted molar refractivity (Wildman–Crippen MR) is 76.8 cm³/mol. The van der Waals surface area contributed by atoms with Crippen molar-refractivity contribution in [3.8, 4) is 12.1 Å². The standard InChI is InChI=1S/C13H14ClN5O/c14-11-9-10(17)1-2-12(11)18-13(20)3-6-19(7-4-15)8-5-16/h1-2,9H,3,6-8,17H2,(H,18,20). The molecule has 3 N–H and O–H groups in total. The van der Waals surface area contributed by atoms with Gasteiger partial charge in [-0.15, -0.1) is 0 Å². The number of anilines is 2. The number of nitrogen functional groups attached to an aromatic ring is 1. The van der Waals surface area contributed by atoms with Crippen LogP contribution in [0.3, 0.4) is 0 Å². The summed E-state index contributed by atoms with van der Waals surface area (Å²) in [4.78, 5) is 13.4. The quantitative estimate of drug-likeness (QED) is 0.611. The first-order valence-electron chi connectivity index (χ1n) is 5.88. The Morgan fingerprint density at radius 3 is 2.55 bits per heavy atom. The summed E-state index contributed by atoms with van der Waals surface area (Å²) in [5.41, 5.74) is 6.56. The van der Waals surface area contributed by atoms with Crippen molar-refractivity contribution in [3.05, 3.63) is 23.2 Å². The maximum Gasteiger partial charge on any atom is 0.225 e. The predicted octanol–water partition coefficient (Wildman–Crippen LogP) is 1.60. The number of amides is 1. The average molecular weight is 292 g/mol. The molecule has 1 rings (SSSR count). The summed E-state index contributed by atoms with van der Waals surface area (Å²) in [6, 6.07) is 8.71. The highest BCUT2D eigenvalue weighted by molar-refractivity contribution is 6.34. The highest BCUT2D eigenvalue weighted by Gasteiger charge is 2.09. The fourth-order valence-corrected chi connectivity index (χ4v) is 1.76. The summed E-state index contributed by atoms with van der Waals surface area (Å²) >= 11 is 5.94. The van der Waals surface area contributed by atoms with E-state index in [0.717, 1.165) is 0 Å². The number of hydrogen-bond acceptors (Lipinski definition) is 5. The number of nitrogens with one attached hydrogen (secondary N) is 1. The Labute approximate surface area is 122 Å². The third-order valence-electron chi connectivity index (χ3n) is 2.51. The van der Waals surface area contributed by atoms with Crippen LogP contribution in [0, 0.1) is 22.7 Å². The molecule has 0 bridgehead atoms. The number of nitrogens with two attached hydrogens (primary N) is 1. The van der Waals surface area contributed by atoms with Crippen molar-refractivity contribution in [2.24, 2.45) is 0 Å². The van der Waals surface area contributed by atoms with Crippen LogP contribution in [0.5, 0.6) is 0 Å². The molecule has 0 saturated heterocycles. The summed E-state index contributed by atoms with van der Waals surface area (Å²) in [5.74, 6) is -0.238. The smallest absolute Gasteiger partial charge is 0.225 e. The van der Waals surface area contributed by atoms with E-state index in [2.05, 4.69) is 5.32 Å². The molecule has 0 aliphatic rings. The van der Waals surface area contributed by atoms with Crippen LogP contribution in [0.15, 0.2) is 18.2 Å². The Balaban J connectivity index is 2.51. The lowest BCUT2D eigenvalue weighted by Gasteiger charge is -2.15. The van der Waals surface area contributed by atoms with Crippen molar-refractivity contribution in [3.63, 3.8) is 0 Å². The Kier molecular flexibility index (Phi) is 6.31. The van der Waals surface area contributed by atoms with Crippen LogP contribution in [-0.4, -0.2) is 30.4 Å². The van der Waals surface area contributed by atoms with Gasteiger partial charge in [-0.3, -0.25) is 9.69 Å². The Morgan fingerprint density at radius 2 is 2.00 bits per heavy atom. The van der Waals surface area contributed by atoms with Crippen molar-refractivity contribution in [2.75, 3.05) is 30.7 Å². The van der Waals surface area contributed by atoms with Crippen molar-refractivity contribution < 1.29 is 4.79 Å². The van der Waals surface area contributed by atoms with Crippen LogP contribution in [-0.2, 0) is 4.79 Å². The highest BCUT2D eigenvalue weighted by Crippen LogP contribution is 2.24. The Morgan fingerprint density at radius 1 is 1.35 bits per heavy atom. The van der Waals surface area contributed by atoms with Gasteiger partial charge in [0.25, 0.3) is 0 Å². The topological polar surface area (TPSA) is 106 Å². The van der Waals surface area contributed by atoms with Gasteiger partial charge in [0.05, 0.1) is 35.9 Å². The van der Waals surface area contributed by atoms with Crippen LogP contribution in [0.25, 0.3) is 0 Å². The molecule has 0 atom stereocenters. The maximum absolute atomic E-state index is 11.8. The van der Waals surface area contributed by atoms with Crippen molar-refractivity contribution in [1.82, 2.24) is 4.90 Å². The van der Waals surface area contributed by atoms with Gasteiger partial charge in [0.15, 0.2) is 0 Å². The summed E-state index contributed by atoms with van der Waals surface area (Å²) in [6.07, 6.45) is 0.171. The normalized spacial score (nSPS) is 9.80. The first-order chi connectivity index (χ1) is 9.56. The van der Waals surface area contributed by atoms with Gasteiger partial charge >= 0.3 is 0 Å². The van der Waals surface area contributed by atoms with E-state index in [1.54, 1.807) is 23.1 Å². The molecule has 0 aliphatic heterocycles. The van der Waals surface area contributed by atoms with Crippen LogP contribution in [0.1, 0.15) is 6.42 Å². The summed E-state index contributed by atoms with van der Waals surface area (Å²) in [5, 5.41) is 20.2. The summed E-state index contributed by atoms with van der Waals surface area (Å²) in [6.45, 7) is 0.562. The second-order valence-electron chi connectivity index (χ2n) is 4.06. The van der Waals surface area contributed by atoms with Gasteiger partial charge < -0.3 is 11.1 Å². The molecule has 6 nitrogen and oxygen atoms in total. The number of nitrogens with zero attached hydrogens (tertiary/aromatic N) is 3. The van der Waals surface area contributed by atoms with Gasteiger partial charge in [0, 0.05) is 18.7 Å². The zero-order chi connectivity index (χ0) is 15.0. The second kappa shape index (κ2) is 8.00. The SMILES string of the molecule is N#CCN(CC#N)CCC(=O)Nc1ccc(N)cc1Cl. The number of rotatable bonds is 6. The van der Waals surface area contributed by atoms with E-state index < -0.39 is 0 Å². The van der Waals surface area contributed by atoms with E-state index in [-0.39, 0.29) is 25.4 Å². The third-order valence-corrected chi connectivity index (χ3v) is 2.82. The van der Waals surface area contributed by atoms with Crippen LogP contribution < -0.4 is 11.1 Å². The lowest BCUT2D eigenvalue weighted by atomic mass is 10.2. The molecule has 0 unspecified atom stereocenters. The number of carbonyl (C=O) groups excluding carboxylic acids is 1. The first kappa shape index (κ1) is 15.8. The lowest BCUT2D eigenvalue weighted by molar-refractivity contribution is -0.116. The summed E-state index contributed by atoms with van der Waals surface area (Å²) < 4.78 is 0. The second-order valence-corrected chi connectivity index (χ2v) is 4.47. The molecule has 0 aromatic heterocycles. The molecule has 0 fully saturated rings. The highest BCUT2D eigenvalue weighted by atomic mass is 35.5. The van der Waals surface area contributed by atoms with Crippen LogP contribution in [0.2, 0.25) is 5.02 Å². The fourth-order valence-electron chi connectivity index (χ4n) is 1.52. The van der Waals surface area contributed by atoms with Gasteiger partial charge in [0.2, 0.25) is 5.91 Å². The first-order valence-corrected chi connectivity index (χ1v) is 6.25. The zero-order valence-electron chi connectivity index (χ0n) is 10.8. The number of halogens is 1.